The molecular formula is C11H16ClNOS. The van der Waals surface area contributed by atoms with Crippen molar-refractivity contribution in [2.24, 2.45) is 0 Å². The van der Waals surface area contributed by atoms with E-state index < -0.39 is 5.60 Å². The van der Waals surface area contributed by atoms with Crippen LogP contribution >= 0.6 is 23.4 Å². The number of rotatable bonds is 4. The summed E-state index contributed by atoms with van der Waals surface area (Å²) < 4.78 is 0. The summed E-state index contributed by atoms with van der Waals surface area (Å²) in [5.74, 6) is 0.618. The van der Waals surface area contributed by atoms with Gasteiger partial charge in [-0.25, -0.2) is 0 Å². The summed E-state index contributed by atoms with van der Waals surface area (Å²) in [6.45, 7) is 3.78. The predicted octanol–water partition coefficient (Wildman–Crippen LogP) is 3.18. The third-order valence-electron chi connectivity index (χ3n) is 2.26. The molecule has 1 rings (SSSR count). The minimum absolute atomic E-state index is 0.618. The van der Waals surface area contributed by atoms with Crippen LogP contribution in [-0.4, -0.2) is 16.5 Å². The minimum Gasteiger partial charge on any atom is -0.399 e. The van der Waals surface area contributed by atoms with E-state index in [0.29, 0.717) is 16.5 Å². The Bertz CT molecular complexity index is 341. The van der Waals surface area contributed by atoms with Gasteiger partial charge in [0, 0.05) is 16.3 Å². The maximum absolute atomic E-state index is 9.85. The van der Waals surface area contributed by atoms with Crippen LogP contribution in [-0.2, 0) is 0 Å². The van der Waals surface area contributed by atoms with Gasteiger partial charge in [0.15, 0.2) is 0 Å². The van der Waals surface area contributed by atoms with Crippen LogP contribution in [0.1, 0.15) is 20.3 Å². The lowest BCUT2D eigenvalue weighted by atomic mass is 10.1. The molecule has 0 spiro atoms. The average molecular weight is 246 g/mol. The zero-order valence-corrected chi connectivity index (χ0v) is 10.5. The number of hydrogen-bond donors (Lipinski definition) is 2. The molecule has 1 aromatic carbocycles. The highest BCUT2D eigenvalue weighted by atomic mass is 35.5. The molecule has 0 heterocycles. The van der Waals surface area contributed by atoms with E-state index in [1.54, 1.807) is 12.1 Å². The maximum Gasteiger partial charge on any atom is 0.0710 e. The normalized spacial score (nSPS) is 14.9. The summed E-state index contributed by atoms with van der Waals surface area (Å²) >= 11 is 7.54. The van der Waals surface area contributed by atoms with Crippen LogP contribution in [0, 0.1) is 0 Å². The lowest BCUT2D eigenvalue weighted by molar-refractivity contribution is 0.0816. The van der Waals surface area contributed by atoms with E-state index in [4.69, 9.17) is 17.3 Å². The lowest BCUT2D eigenvalue weighted by Gasteiger charge is -2.20. The third kappa shape index (κ3) is 3.93. The molecule has 0 saturated heterocycles. The Kier molecular flexibility index (Phi) is 4.32. The maximum atomic E-state index is 9.85. The molecule has 3 N–H and O–H groups in total. The zero-order chi connectivity index (χ0) is 11.5. The van der Waals surface area contributed by atoms with Crippen LogP contribution < -0.4 is 5.73 Å². The van der Waals surface area contributed by atoms with Gasteiger partial charge in [0.25, 0.3) is 0 Å². The summed E-state index contributed by atoms with van der Waals surface area (Å²) in [6.07, 6.45) is 0.722. The molecule has 0 aliphatic rings. The number of aliphatic hydroxyl groups is 1. The number of hydrogen-bond acceptors (Lipinski definition) is 3. The van der Waals surface area contributed by atoms with E-state index in [0.717, 1.165) is 11.3 Å². The first-order valence-corrected chi connectivity index (χ1v) is 6.21. The number of nitrogen functional groups attached to an aromatic ring is 1. The van der Waals surface area contributed by atoms with E-state index in [9.17, 15) is 5.11 Å². The van der Waals surface area contributed by atoms with Crippen LogP contribution in [0.25, 0.3) is 0 Å². The summed E-state index contributed by atoms with van der Waals surface area (Å²) in [5, 5.41) is 10.5. The fraction of sp³-hybridized carbons (Fsp3) is 0.455. The SMILES string of the molecule is CCC(C)(O)CSc1cc(N)ccc1Cl. The number of anilines is 1. The van der Waals surface area contributed by atoms with E-state index in [2.05, 4.69) is 0 Å². The molecule has 0 radical (unpaired) electrons. The van der Waals surface area contributed by atoms with E-state index in [-0.39, 0.29) is 0 Å². The summed E-state index contributed by atoms with van der Waals surface area (Å²) in [4.78, 5) is 0.922. The van der Waals surface area contributed by atoms with Crippen LogP contribution in [0.4, 0.5) is 5.69 Å². The predicted molar refractivity (Wildman–Crippen MR) is 67.5 cm³/mol. The first kappa shape index (κ1) is 12.7. The van der Waals surface area contributed by atoms with E-state index >= 15 is 0 Å². The van der Waals surface area contributed by atoms with Crippen molar-refractivity contribution >= 4 is 29.1 Å². The Morgan fingerprint density at radius 2 is 2.20 bits per heavy atom. The molecule has 4 heteroatoms. The molecule has 0 fully saturated rings. The molecule has 1 aromatic rings. The Morgan fingerprint density at radius 1 is 1.53 bits per heavy atom. The molecule has 84 valence electrons. The standard InChI is InChI=1S/C11H16ClNOS/c1-3-11(2,14)7-15-10-6-8(13)4-5-9(10)12/h4-6,14H,3,7,13H2,1-2H3. The summed E-state index contributed by atoms with van der Waals surface area (Å²) in [7, 11) is 0. The molecule has 15 heavy (non-hydrogen) atoms. The van der Waals surface area contributed by atoms with E-state index in [1.165, 1.54) is 11.8 Å². The Labute approximate surface area is 99.8 Å². The van der Waals surface area contributed by atoms with Crippen molar-refractivity contribution in [3.8, 4) is 0 Å². The van der Waals surface area contributed by atoms with Gasteiger partial charge in [0.05, 0.1) is 10.6 Å². The van der Waals surface area contributed by atoms with Crippen molar-refractivity contribution in [1.82, 2.24) is 0 Å². The van der Waals surface area contributed by atoms with Crippen LogP contribution in [0.3, 0.4) is 0 Å². The number of benzene rings is 1. The second kappa shape index (κ2) is 5.10. The highest BCUT2D eigenvalue weighted by Gasteiger charge is 2.18. The second-order valence-electron chi connectivity index (χ2n) is 3.83. The lowest BCUT2D eigenvalue weighted by Crippen LogP contribution is -2.25. The molecule has 2 nitrogen and oxygen atoms in total. The molecule has 1 atom stereocenters. The van der Waals surface area contributed by atoms with Gasteiger partial charge in [-0.3, -0.25) is 0 Å². The van der Waals surface area contributed by atoms with Crippen molar-refractivity contribution in [3.63, 3.8) is 0 Å². The molecule has 0 saturated carbocycles. The molecule has 0 bridgehead atoms. The van der Waals surface area contributed by atoms with Gasteiger partial charge in [-0.2, -0.15) is 0 Å². The average Bonchev–Trinajstić information content (AvgIpc) is 2.20. The zero-order valence-electron chi connectivity index (χ0n) is 8.96. The van der Waals surface area contributed by atoms with Crippen LogP contribution in [0.15, 0.2) is 23.1 Å². The highest BCUT2D eigenvalue weighted by molar-refractivity contribution is 7.99. The van der Waals surface area contributed by atoms with Gasteiger partial charge in [-0.15, -0.1) is 11.8 Å². The van der Waals surface area contributed by atoms with Crippen molar-refractivity contribution in [3.05, 3.63) is 23.2 Å². The van der Waals surface area contributed by atoms with Gasteiger partial charge in [0.2, 0.25) is 0 Å². The smallest absolute Gasteiger partial charge is 0.0710 e. The van der Waals surface area contributed by atoms with Crippen LogP contribution in [0.2, 0.25) is 5.02 Å². The minimum atomic E-state index is -0.654. The highest BCUT2D eigenvalue weighted by Crippen LogP contribution is 2.31. The fourth-order valence-corrected chi connectivity index (χ4v) is 2.34. The fourth-order valence-electron chi connectivity index (χ4n) is 0.966. The van der Waals surface area contributed by atoms with Gasteiger partial charge < -0.3 is 10.8 Å². The Hall–Kier alpha value is -0.380. The Morgan fingerprint density at radius 3 is 2.80 bits per heavy atom. The monoisotopic (exact) mass is 245 g/mol. The van der Waals surface area contributed by atoms with Crippen molar-refractivity contribution in [2.75, 3.05) is 11.5 Å². The molecule has 0 aromatic heterocycles. The molecule has 0 aliphatic heterocycles. The van der Waals surface area contributed by atoms with Gasteiger partial charge in [-0.05, 0) is 31.5 Å². The topological polar surface area (TPSA) is 46.2 Å². The molecule has 0 amide bonds. The van der Waals surface area contributed by atoms with E-state index in [1.807, 2.05) is 19.9 Å². The second-order valence-corrected chi connectivity index (χ2v) is 5.25. The largest absolute Gasteiger partial charge is 0.399 e. The molecule has 1 unspecified atom stereocenters. The number of halogens is 1. The van der Waals surface area contributed by atoms with Gasteiger partial charge in [-0.1, -0.05) is 18.5 Å². The third-order valence-corrected chi connectivity index (χ3v) is 4.11. The Balaban J connectivity index is 2.69. The first-order chi connectivity index (χ1) is 6.94. The summed E-state index contributed by atoms with van der Waals surface area (Å²) in [6, 6.07) is 5.38. The van der Waals surface area contributed by atoms with Crippen molar-refractivity contribution in [2.45, 2.75) is 30.8 Å². The van der Waals surface area contributed by atoms with Crippen molar-refractivity contribution in [1.29, 1.82) is 0 Å². The quantitative estimate of drug-likeness (QED) is 0.633. The molecule has 0 aliphatic carbocycles. The van der Waals surface area contributed by atoms with Crippen molar-refractivity contribution < 1.29 is 5.11 Å². The van der Waals surface area contributed by atoms with Gasteiger partial charge >= 0.3 is 0 Å². The summed E-state index contributed by atoms with van der Waals surface area (Å²) in [5.41, 5.74) is 5.70. The van der Waals surface area contributed by atoms with Gasteiger partial charge in [0.1, 0.15) is 0 Å². The molecular weight excluding hydrogens is 230 g/mol. The first-order valence-electron chi connectivity index (χ1n) is 4.85. The number of nitrogens with two attached hydrogens (primary N) is 1. The van der Waals surface area contributed by atoms with Crippen LogP contribution in [0.5, 0.6) is 0 Å². The number of thioether (sulfide) groups is 1.